The van der Waals surface area contributed by atoms with Crippen LogP contribution in [0.15, 0.2) is 30.3 Å². The quantitative estimate of drug-likeness (QED) is 0.701. The van der Waals surface area contributed by atoms with Crippen molar-refractivity contribution in [2.24, 2.45) is 5.92 Å². The second-order valence-corrected chi connectivity index (χ2v) is 6.74. The summed E-state index contributed by atoms with van der Waals surface area (Å²) in [6.45, 7) is 3.70. The lowest BCUT2D eigenvalue weighted by Gasteiger charge is -2.21. The maximum atomic E-state index is 11.6. The number of rotatable bonds is 6. The summed E-state index contributed by atoms with van der Waals surface area (Å²) in [5.41, 5.74) is 0.805. The van der Waals surface area contributed by atoms with Crippen molar-refractivity contribution >= 4 is 13.7 Å². The van der Waals surface area contributed by atoms with Crippen molar-refractivity contribution in [1.29, 1.82) is 0 Å². The van der Waals surface area contributed by atoms with Crippen LogP contribution >= 0.6 is 7.60 Å². The van der Waals surface area contributed by atoms with Gasteiger partial charge >= 0.3 is 13.7 Å². The number of hydrogen-bond acceptors (Lipinski definition) is 3. The van der Waals surface area contributed by atoms with Crippen LogP contribution in [-0.2, 0) is 15.9 Å². The zero-order chi connectivity index (χ0) is 15.2. The molecule has 1 aromatic carbocycles. The molecule has 0 heterocycles. The van der Waals surface area contributed by atoms with Crippen LogP contribution in [0.4, 0.5) is 4.79 Å². The third kappa shape index (κ3) is 6.19. The number of alkyl carbamates (subject to hydrolysis) is 1. The summed E-state index contributed by atoms with van der Waals surface area (Å²) in [5, 5.41) is 2.23. The molecule has 20 heavy (non-hydrogen) atoms. The Labute approximate surface area is 118 Å². The van der Waals surface area contributed by atoms with E-state index in [1.165, 1.54) is 0 Å². The molecule has 0 aromatic heterocycles. The van der Waals surface area contributed by atoms with Gasteiger partial charge in [0, 0.05) is 0 Å². The fourth-order valence-corrected chi connectivity index (χ4v) is 2.60. The lowest BCUT2D eigenvalue weighted by atomic mass is 10.1. The Hall–Kier alpha value is -1.36. The second kappa shape index (κ2) is 7.43. The number of ether oxygens (including phenoxy) is 1. The third-order valence-corrected chi connectivity index (χ3v) is 3.75. The summed E-state index contributed by atoms with van der Waals surface area (Å²) in [6, 6.07) is 9.06. The van der Waals surface area contributed by atoms with Gasteiger partial charge in [-0.25, -0.2) is 4.79 Å². The van der Waals surface area contributed by atoms with Crippen molar-refractivity contribution in [3.05, 3.63) is 35.9 Å². The molecule has 0 saturated carbocycles. The molecule has 0 spiro atoms. The van der Waals surface area contributed by atoms with Crippen molar-refractivity contribution in [2.75, 3.05) is 0 Å². The van der Waals surface area contributed by atoms with Gasteiger partial charge in [-0.3, -0.25) is 4.57 Å². The monoisotopic (exact) mass is 301 g/mol. The maximum absolute atomic E-state index is 11.6. The zero-order valence-electron chi connectivity index (χ0n) is 11.5. The first-order valence-corrected chi connectivity index (χ1v) is 7.99. The lowest BCUT2D eigenvalue weighted by Crippen LogP contribution is -2.36. The van der Waals surface area contributed by atoms with Gasteiger partial charge in [0.15, 0.2) is 0 Å². The second-order valence-electron chi connectivity index (χ2n) is 4.94. The van der Waals surface area contributed by atoms with Gasteiger partial charge in [-0.1, -0.05) is 44.2 Å². The van der Waals surface area contributed by atoms with Crippen LogP contribution in [0, 0.1) is 5.92 Å². The molecule has 0 saturated heterocycles. The van der Waals surface area contributed by atoms with E-state index in [9.17, 15) is 19.1 Å². The largest absolute Gasteiger partial charge is 0.445 e. The first-order chi connectivity index (χ1) is 9.29. The molecule has 1 amide bonds. The Bertz CT molecular complexity index is 471. The minimum atomic E-state index is -4.39. The predicted octanol–water partition coefficient (Wildman–Crippen LogP) is 2.46. The first kappa shape index (κ1) is 16.7. The van der Waals surface area contributed by atoms with Gasteiger partial charge in [0.05, 0.1) is 0 Å². The Balaban J connectivity index is 2.52. The molecular formula is C13H20NO5P. The summed E-state index contributed by atoms with van der Waals surface area (Å²) in [6.07, 6.45) is -0.645. The van der Waals surface area contributed by atoms with Crippen LogP contribution in [0.1, 0.15) is 25.8 Å². The highest BCUT2D eigenvalue weighted by atomic mass is 31.2. The highest BCUT2D eigenvalue weighted by molar-refractivity contribution is 7.52. The van der Waals surface area contributed by atoms with Gasteiger partial charge in [-0.2, -0.15) is 0 Å². The highest BCUT2D eigenvalue weighted by Crippen LogP contribution is 2.42. The molecule has 112 valence electrons. The topological polar surface area (TPSA) is 95.9 Å². The van der Waals surface area contributed by atoms with Crippen LogP contribution in [0.25, 0.3) is 0 Å². The third-order valence-electron chi connectivity index (χ3n) is 2.60. The predicted molar refractivity (Wildman–Crippen MR) is 75.0 cm³/mol. The molecule has 0 radical (unpaired) electrons. The smallest absolute Gasteiger partial charge is 0.408 e. The number of benzene rings is 1. The molecule has 0 aliphatic heterocycles. The summed E-state index contributed by atoms with van der Waals surface area (Å²) in [4.78, 5) is 30.0. The maximum Gasteiger partial charge on any atom is 0.408 e. The fraction of sp³-hybridized carbons (Fsp3) is 0.462. The van der Waals surface area contributed by atoms with Crippen LogP contribution in [-0.4, -0.2) is 21.7 Å². The minimum absolute atomic E-state index is 0.0436. The van der Waals surface area contributed by atoms with Crippen molar-refractivity contribution in [1.82, 2.24) is 5.32 Å². The minimum Gasteiger partial charge on any atom is -0.445 e. The van der Waals surface area contributed by atoms with E-state index in [4.69, 9.17) is 4.74 Å². The summed E-state index contributed by atoms with van der Waals surface area (Å²) < 4.78 is 16.2. The van der Waals surface area contributed by atoms with Gasteiger partial charge in [-0.15, -0.1) is 0 Å². The summed E-state index contributed by atoms with van der Waals surface area (Å²) >= 11 is 0. The molecule has 0 aliphatic carbocycles. The Kier molecular flexibility index (Phi) is 6.20. The Morgan fingerprint density at radius 1 is 1.30 bits per heavy atom. The van der Waals surface area contributed by atoms with Crippen molar-refractivity contribution in [2.45, 2.75) is 32.7 Å². The fourth-order valence-electron chi connectivity index (χ4n) is 1.63. The Morgan fingerprint density at radius 3 is 2.40 bits per heavy atom. The molecule has 1 rings (SSSR count). The average molecular weight is 301 g/mol. The van der Waals surface area contributed by atoms with Crippen molar-refractivity contribution in [3.63, 3.8) is 0 Å². The van der Waals surface area contributed by atoms with Crippen LogP contribution in [0.5, 0.6) is 0 Å². The molecule has 0 fully saturated rings. The van der Waals surface area contributed by atoms with Crippen LogP contribution in [0.2, 0.25) is 0 Å². The number of carbonyl (C=O) groups is 1. The average Bonchev–Trinajstić information content (AvgIpc) is 2.35. The van der Waals surface area contributed by atoms with Gasteiger partial charge in [0.2, 0.25) is 0 Å². The molecule has 0 aliphatic rings. The van der Waals surface area contributed by atoms with Gasteiger partial charge < -0.3 is 19.8 Å². The van der Waals surface area contributed by atoms with Gasteiger partial charge in [0.25, 0.3) is 0 Å². The zero-order valence-corrected chi connectivity index (χ0v) is 12.4. The Morgan fingerprint density at radius 2 is 1.90 bits per heavy atom. The van der Waals surface area contributed by atoms with Crippen LogP contribution < -0.4 is 5.32 Å². The van der Waals surface area contributed by atoms with E-state index < -0.39 is 19.5 Å². The summed E-state index contributed by atoms with van der Waals surface area (Å²) in [7, 11) is -4.39. The van der Waals surface area contributed by atoms with Gasteiger partial charge in [-0.05, 0) is 17.9 Å². The molecule has 1 atom stereocenters. The number of amides is 1. The molecule has 1 aromatic rings. The van der Waals surface area contributed by atoms with E-state index in [0.29, 0.717) is 0 Å². The molecule has 0 unspecified atom stereocenters. The summed E-state index contributed by atoms with van der Waals surface area (Å²) in [5.74, 6) is -1.17. The number of carbonyl (C=O) groups excluding carboxylic acids is 1. The van der Waals surface area contributed by atoms with E-state index in [-0.39, 0.29) is 18.9 Å². The number of hydrogen-bond donors (Lipinski definition) is 3. The van der Waals surface area contributed by atoms with E-state index in [2.05, 4.69) is 5.32 Å². The SMILES string of the molecule is CC(C)C[C@@H](NC(=O)OCc1ccccc1)P(=O)(O)O. The molecule has 3 N–H and O–H groups in total. The standard InChI is InChI=1S/C13H20NO5P/c1-10(2)8-12(20(16,17)18)14-13(15)19-9-11-6-4-3-5-7-11/h3-7,10,12H,8-9H2,1-2H3,(H,14,15)(H2,16,17,18)/t12-/m0/s1. The van der Waals surface area contributed by atoms with Crippen LogP contribution in [0.3, 0.4) is 0 Å². The van der Waals surface area contributed by atoms with E-state index in [1.807, 2.05) is 32.0 Å². The van der Waals surface area contributed by atoms with E-state index in [1.54, 1.807) is 12.1 Å². The normalized spacial score (nSPS) is 13.1. The van der Waals surface area contributed by atoms with Gasteiger partial charge in [0.1, 0.15) is 12.4 Å². The molecular weight excluding hydrogens is 281 g/mol. The first-order valence-electron chi connectivity index (χ1n) is 6.31. The highest BCUT2D eigenvalue weighted by Gasteiger charge is 2.31. The van der Waals surface area contributed by atoms with E-state index >= 15 is 0 Å². The molecule has 6 nitrogen and oxygen atoms in total. The molecule has 0 bridgehead atoms. The van der Waals surface area contributed by atoms with Crippen molar-refractivity contribution in [3.8, 4) is 0 Å². The van der Waals surface area contributed by atoms with Crippen molar-refractivity contribution < 1.29 is 23.9 Å². The lowest BCUT2D eigenvalue weighted by molar-refractivity contribution is 0.136. The molecule has 7 heteroatoms. The number of nitrogens with one attached hydrogen (secondary N) is 1. The van der Waals surface area contributed by atoms with E-state index in [0.717, 1.165) is 5.56 Å².